The Bertz CT molecular complexity index is 332. The number of nitrogens with two attached hydrogens (primary N) is 1. The van der Waals surface area contributed by atoms with Gasteiger partial charge in [-0.15, -0.1) is 0 Å². The second kappa shape index (κ2) is 5.30. The van der Waals surface area contributed by atoms with E-state index in [2.05, 4.69) is 4.98 Å². The van der Waals surface area contributed by atoms with E-state index in [9.17, 15) is 0 Å². The normalized spacial score (nSPS) is 19.4. The number of aromatic nitrogens is 1. The van der Waals surface area contributed by atoms with Gasteiger partial charge in [-0.1, -0.05) is 12.5 Å². The molecule has 1 aromatic heterocycles. The van der Waals surface area contributed by atoms with Gasteiger partial charge in [0.15, 0.2) is 0 Å². The molecule has 1 atom stereocenters. The van der Waals surface area contributed by atoms with Crippen LogP contribution >= 0.6 is 0 Å². The molecule has 16 heavy (non-hydrogen) atoms. The first-order chi connectivity index (χ1) is 7.77. The van der Waals surface area contributed by atoms with Crippen molar-refractivity contribution in [3.63, 3.8) is 0 Å². The van der Waals surface area contributed by atoms with Gasteiger partial charge in [0, 0.05) is 17.8 Å². The smallest absolute Gasteiger partial charge is 0.218 e. The number of ether oxygens (including phenoxy) is 1. The van der Waals surface area contributed by atoms with E-state index in [1.54, 1.807) is 6.20 Å². The molecule has 1 fully saturated rings. The number of pyridine rings is 1. The van der Waals surface area contributed by atoms with Gasteiger partial charge in [-0.3, -0.25) is 0 Å². The van der Waals surface area contributed by atoms with Crippen LogP contribution in [0, 0.1) is 0 Å². The van der Waals surface area contributed by atoms with Crippen LogP contribution in [0.1, 0.15) is 50.6 Å². The summed E-state index contributed by atoms with van der Waals surface area (Å²) in [5.41, 5.74) is 6.91. The van der Waals surface area contributed by atoms with E-state index in [4.69, 9.17) is 10.5 Å². The molecule has 3 heteroatoms. The maximum atomic E-state index is 5.96. The zero-order valence-electron chi connectivity index (χ0n) is 9.86. The minimum Gasteiger partial charge on any atom is -0.474 e. The molecule has 0 aliphatic heterocycles. The predicted octanol–water partition coefficient (Wildman–Crippen LogP) is 2.81. The first-order valence-corrected chi connectivity index (χ1v) is 6.14. The van der Waals surface area contributed by atoms with Gasteiger partial charge in [0.25, 0.3) is 0 Å². The van der Waals surface area contributed by atoms with Crippen LogP contribution in [-0.4, -0.2) is 11.1 Å². The maximum absolute atomic E-state index is 5.96. The van der Waals surface area contributed by atoms with Crippen LogP contribution < -0.4 is 10.5 Å². The standard InChI is InChI=1S/C13H20N2O/c1-10(14)12-8-5-9-15-13(12)16-11-6-3-2-4-7-11/h5,8-11H,2-4,6-7,14H2,1H3/t10-/m1/s1. The minimum absolute atomic E-state index is 0.0210. The third-order valence-corrected chi connectivity index (χ3v) is 3.12. The highest BCUT2D eigenvalue weighted by Crippen LogP contribution is 2.26. The van der Waals surface area contributed by atoms with Gasteiger partial charge in [-0.2, -0.15) is 0 Å². The van der Waals surface area contributed by atoms with Crippen molar-refractivity contribution in [2.24, 2.45) is 5.73 Å². The predicted molar refractivity (Wildman–Crippen MR) is 64.3 cm³/mol. The van der Waals surface area contributed by atoms with Gasteiger partial charge in [0.2, 0.25) is 5.88 Å². The Labute approximate surface area is 97.0 Å². The van der Waals surface area contributed by atoms with Crippen molar-refractivity contribution in [1.82, 2.24) is 4.98 Å². The molecular weight excluding hydrogens is 200 g/mol. The van der Waals surface area contributed by atoms with Gasteiger partial charge in [-0.05, 0) is 38.7 Å². The summed E-state index contributed by atoms with van der Waals surface area (Å²) >= 11 is 0. The van der Waals surface area contributed by atoms with Crippen LogP contribution in [-0.2, 0) is 0 Å². The molecule has 0 spiro atoms. The van der Waals surface area contributed by atoms with Crippen LogP contribution in [0.2, 0.25) is 0 Å². The third kappa shape index (κ3) is 2.73. The highest BCUT2D eigenvalue weighted by molar-refractivity contribution is 5.28. The van der Waals surface area contributed by atoms with Gasteiger partial charge in [0.05, 0.1) is 0 Å². The molecule has 1 aliphatic carbocycles. The Morgan fingerprint density at radius 3 is 2.81 bits per heavy atom. The lowest BCUT2D eigenvalue weighted by Crippen LogP contribution is -2.21. The summed E-state index contributed by atoms with van der Waals surface area (Å²) in [4.78, 5) is 4.29. The van der Waals surface area contributed by atoms with E-state index < -0.39 is 0 Å². The Hall–Kier alpha value is -1.09. The Balaban J connectivity index is 2.07. The molecule has 0 aromatic carbocycles. The molecule has 1 aromatic rings. The van der Waals surface area contributed by atoms with Crippen molar-refractivity contribution >= 4 is 0 Å². The molecule has 1 heterocycles. The Kier molecular flexibility index (Phi) is 3.78. The summed E-state index contributed by atoms with van der Waals surface area (Å²) in [6, 6.07) is 3.88. The van der Waals surface area contributed by atoms with Gasteiger partial charge >= 0.3 is 0 Å². The highest BCUT2D eigenvalue weighted by atomic mass is 16.5. The number of hydrogen-bond acceptors (Lipinski definition) is 3. The minimum atomic E-state index is -0.0210. The fourth-order valence-corrected chi connectivity index (χ4v) is 2.19. The van der Waals surface area contributed by atoms with Gasteiger partial charge in [-0.25, -0.2) is 4.98 Å². The average molecular weight is 220 g/mol. The molecule has 3 nitrogen and oxygen atoms in total. The fraction of sp³-hybridized carbons (Fsp3) is 0.615. The molecule has 88 valence electrons. The van der Waals surface area contributed by atoms with E-state index in [0.717, 1.165) is 24.3 Å². The van der Waals surface area contributed by atoms with Crippen LogP contribution in [0.25, 0.3) is 0 Å². The zero-order valence-corrected chi connectivity index (χ0v) is 9.86. The molecule has 2 N–H and O–H groups in total. The first kappa shape index (κ1) is 11.4. The van der Waals surface area contributed by atoms with Crippen LogP contribution in [0.15, 0.2) is 18.3 Å². The lowest BCUT2D eigenvalue weighted by Gasteiger charge is -2.24. The van der Waals surface area contributed by atoms with Crippen molar-refractivity contribution in [1.29, 1.82) is 0 Å². The van der Waals surface area contributed by atoms with E-state index in [-0.39, 0.29) is 6.04 Å². The zero-order chi connectivity index (χ0) is 11.4. The number of rotatable bonds is 3. The molecule has 0 amide bonds. The fourth-order valence-electron chi connectivity index (χ4n) is 2.19. The van der Waals surface area contributed by atoms with E-state index >= 15 is 0 Å². The third-order valence-electron chi connectivity index (χ3n) is 3.12. The molecule has 2 rings (SSSR count). The summed E-state index contributed by atoms with van der Waals surface area (Å²) in [5.74, 6) is 0.726. The number of hydrogen-bond donors (Lipinski definition) is 1. The summed E-state index contributed by atoms with van der Waals surface area (Å²) in [6.07, 6.45) is 8.27. The lowest BCUT2D eigenvalue weighted by molar-refractivity contribution is 0.146. The van der Waals surface area contributed by atoms with Crippen LogP contribution in [0.4, 0.5) is 0 Å². The van der Waals surface area contributed by atoms with Crippen molar-refractivity contribution < 1.29 is 4.74 Å². The lowest BCUT2D eigenvalue weighted by atomic mass is 9.98. The second-order valence-electron chi connectivity index (χ2n) is 4.56. The summed E-state index contributed by atoms with van der Waals surface area (Å²) in [7, 11) is 0. The van der Waals surface area contributed by atoms with Crippen LogP contribution in [0.3, 0.4) is 0 Å². The van der Waals surface area contributed by atoms with Crippen molar-refractivity contribution in [3.8, 4) is 5.88 Å². The second-order valence-corrected chi connectivity index (χ2v) is 4.56. The maximum Gasteiger partial charge on any atom is 0.218 e. The van der Waals surface area contributed by atoms with E-state index in [1.165, 1.54) is 19.3 Å². The molecule has 1 saturated carbocycles. The van der Waals surface area contributed by atoms with E-state index in [1.807, 2.05) is 19.1 Å². The summed E-state index contributed by atoms with van der Waals surface area (Å²) in [6.45, 7) is 1.96. The molecule has 0 unspecified atom stereocenters. The molecule has 0 radical (unpaired) electrons. The van der Waals surface area contributed by atoms with E-state index in [0.29, 0.717) is 6.10 Å². The molecule has 0 bridgehead atoms. The molecule has 1 aliphatic rings. The highest BCUT2D eigenvalue weighted by Gasteiger charge is 2.17. The Morgan fingerprint density at radius 2 is 2.12 bits per heavy atom. The van der Waals surface area contributed by atoms with Gasteiger partial charge < -0.3 is 10.5 Å². The van der Waals surface area contributed by atoms with Crippen molar-refractivity contribution in [2.45, 2.75) is 51.2 Å². The monoisotopic (exact) mass is 220 g/mol. The molecule has 0 saturated heterocycles. The quantitative estimate of drug-likeness (QED) is 0.852. The SMILES string of the molecule is C[C@@H](N)c1cccnc1OC1CCCCC1. The van der Waals surface area contributed by atoms with Crippen molar-refractivity contribution in [2.75, 3.05) is 0 Å². The summed E-state index contributed by atoms with van der Waals surface area (Å²) < 4.78 is 5.96. The largest absolute Gasteiger partial charge is 0.474 e. The summed E-state index contributed by atoms with van der Waals surface area (Å²) in [5, 5.41) is 0. The van der Waals surface area contributed by atoms with Crippen LogP contribution in [0.5, 0.6) is 5.88 Å². The van der Waals surface area contributed by atoms with Gasteiger partial charge in [0.1, 0.15) is 6.10 Å². The topological polar surface area (TPSA) is 48.1 Å². The van der Waals surface area contributed by atoms with Crippen molar-refractivity contribution in [3.05, 3.63) is 23.9 Å². The number of nitrogens with zero attached hydrogens (tertiary/aromatic N) is 1. The first-order valence-electron chi connectivity index (χ1n) is 6.14. The Morgan fingerprint density at radius 1 is 1.38 bits per heavy atom. The average Bonchev–Trinajstić information content (AvgIpc) is 2.31. The molecular formula is C13H20N2O.